The number of esters is 1. The lowest BCUT2D eigenvalue weighted by atomic mass is 9.83. The molecule has 0 aromatic heterocycles. The number of carboxylic acids is 1. The highest BCUT2D eigenvalue weighted by molar-refractivity contribution is 5.70. The van der Waals surface area contributed by atoms with E-state index >= 15 is 0 Å². The molecule has 0 unspecified atom stereocenters. The number of hydrogen-bond acceptors (Lipinski definition) is 3. The van der Waals surface area contributed by atoms with Crippen LogP contribution >= 0.6 is 0 Å². The van der Waals surface area contributed by atoms with Gasteiger partial charge in [-0.25, -0.2) is 0 Å². The number of carbonyl (C=O) groups excluding carboxylic acids is 1. The first-order chi connectivity index (χ1) is 12.1. The van der Waals surface area contributed by atoms with Crippen molar-refractivity contribution in [3.63, 3.8) is 0 Å². The molecule has 4 nitrogen and oxygen atoms in total. The number of aliphatic carboxylic acids is 1. The predicted molar refractivity (Wildman–Crippen MR) is 107 cm³/mol. The topological polar surface area (TPSA) is 63.6 Å². The highest BCUT2D eigenvalue weighted by Gasteiger charge is 2.22. The lowest BCUT2D eigenvalue weighted by Gasteiger charge is -2.23. The second-order valence-corrected chi connectivity index (χ2v) is 9.21. The minimum absolute atomic E-state index is 0.0367. The molecule has 0 amide bonds. The molecule has 4 heteroatoms. The van der Waals surface area contributed by atoms with Crippen LogP contribution in [-0.2, 0) is 14.3 Å². The third-order valence-corrected chi connectivity index (χ3v) is 5.02. The van der Waals surface area contributed by atoms with E-state index in [9.17, 15) is 9.59 Å². The maximum absolute atomic E-state index is 11.6. The first-order valence-corrected chi connectivity index (χ1v) is 10.5. The van der Waals surface area contributed by atoms with Crippen LogP contribution in [0.1, 0.15) is 112 Å². The van der Waals surface area contributed by atoms with Crippen molar-refractivity contribution in [3.05, 3.63) is 0 Å². The Hall–Kier alpha value is -1.06. The van der Waals surface area contributed by atoms with Crippen LogP contribution in [0.2, 0.25) is 0 Å². The van der Waals surface area contributed by atoms with E-state index in [1.54, 1.807) is 0 Å². The van der Waals surface area contributed by atoms with Crippen LogP contribution < -0.4 is 0 Å². The van der Waals surface area contributed by atoms with Gasteiger partial charge in [0, 0.05) is 0 Å². The Morgan fingerprint density at radius 3 is 1.50 bits per heavy atom. The summed E-state index contributed by atoms with van der Waals surface area (Å²) in [5.41, 5.74) is -0.0444. The molecular formula is C22H42O4. The van der Waals surface area contributed by atoms with Gasteiger partial charge >= 0.3 is 11.9 Å². The molecule has 0 atom stereocenters. The van der Waals surface area contributed by atoms with E-state index in [0.717, 1.165) is 19.3 Å². The summed E-state index contributed by atoms with van der Waals surface area (Å²) in [5.74, 6) is -0.774. The molecular weight excluding hydrogens is 328 g/mol. The molecule has 0 spiro atoms. The zero-order chi connectivity index (χ0) is 20.1. The number of ether oxygens (including phenoxy) is 1. The summed E-state index contributed by atoms with van der Waals surface area (Å²) in [7, 11) is 0. The Balaban J connectivity index is 3.56. The van der Waals surface area contributed by atoms with Crippen LogP contribution in [0.5, 0.6) is 0 Å². The van der Waals surface area contributed by atoms with Crippen molar-refractivity contribution in [2.75, 3.05) is 6.61 Å². The van der Waals surface area contributed by atoms with Gasteiger partial charge in [-0.05, 0) is 30.6 Å². The number of carboxylic acid groups (broad SMARTS) is 1. The summed E-state index contributed by atoms with van der Waals surface area (Å²) in [6, 6.07) is 0. The van der Waals surface area contributed by atoms with Gasteiger partial charge in [0.05, 0.1) is 19.4 Å². The van der Waals surface area contributed by atoms with E-state index in [2.05, 4.69) is 13.8 Å². The number of unbranched alkanes of at least 4 members (excludes halogenated alkanes) is 7. The molecule has 0 bridgehead atoms. The maximum atomic E-state index is 11.6. The van der Waals surface area contributed by atoms with Crippen LogP contribution in [-0.4, -0.2) is 23.7 Å². The first-order valence-electron chi connectivity index (χ1n) is 10.5. The minimum atomic E-state index is -0.694. The summed E-state index contributed by atoms with van der Waals surface area (Å²) in [4.78, 5) is 22.4. The monoisotopic (exact) mass is 370 g/mol. The van der Waals surface area contributed by atoms with Gasteiger partial charge in [0.2, 0.25) is 0 Å². The van der Waals surface area contributed by atoms with Gasteiger partial charge in [-0.2, -0.15) is 0 Å². The molecule has 0 rings (SSSR count). The summed E-state index contributed by atoms with van der Waals surface area (Å²) in [6.45, 7) is 10.7. The highest BCUT2D eigenvalue weighted by Crippen LogP contribution is 2.29. The highest BCUT2D eigenvalue weighted by atomic mass is 16.5. The van der Waals surface area contributed by atoms with Crippen molar-refractivity contribution in [3.8, 4) is 0 Å². The Morgan fingerprint density at radius 2 is 1.12 bits per heavy atom. The first kappa shape index (κ1) is 24.9. The van der Waals surface area contributed by atoms with Crippen LogP contribution in [0.25, 0.3) is 0 Å². The Kier molecular flexibility index (Phi) is 12.6. The van der Waals surface area contributed by atoms with Crippen molar-refractivity contribution in [1.82, 2.24) is 0 Å². The third-order valence-electron chi connectivity index (χ3n) is 5.02. The molecule has 26 heavy (non-hydrogen) atoms. The Morgan fingerprint density at radius 1 is 0.731 bits per heavy atom. The molecule has 0 aliphatic carbocycles. The van der Waals surface area contributed by atoms with Crippen molar-refractivity contribution >= 4 is 11.9 Å². The SMILES string of the molecule is CCOC(=O)CC(C)(C)CCCCCCCCCCC(C)(C)CC(=O)O. The zero-order valence-corrected chi connectivity index (χ0v) is 17.9. The van der Waals surface area contributed by atoms with Crippen molar-refractivity contribution in [1.29, 1.82) is 0 Å². The van der Waals surface area contributed by atoms with Gasteiger partial charge in [-0.1, -0.05) is 79.1 Å². The molecule has 0 aromatic carbocycles. The average molecular weight is 371 g/mol. The van der Waals surface area contributed by atoms with Crippen LogP contribution in [0, 0.1) is 10.8 Å². The molecule has 0 radical (unpaired) electrons. The molecule has 154 valence electrons. The van der Waals surface area contributed by atoms with Gasteiger partial charge in [-0.15, -0.1) is 0 Å². The molecule has 1 N–H and O–H groups in total. The Bertz CT molecular complexity index is 399. The molecule has 0 aliphatic rings. The van der Waals surface area contributed by atoms with E-state index < -0.39 is 5.97 Å². The molecule has 0 heterocycles. The van der Waals surface area contributed by atoms with Crippen molar-refractivity contribution in [2.45, 2.75) is 112 Å². The van der Waals surface area contributed by atoms with Gasteiger partial charge in [-0.3, -0.25) is 9.59 Å². The van der Waals surface area contributed by atoms with Crippen LogP contribution in [0.4, 0.5) is 0 Å². The van der Waals surface area contributed by atoms with Gasteiger partial charge in [0.25, 0.3) is 0 Å². The summed E-state index contributed by atoms with van der Waals surface area (Å²) in [5, 5.41) is 8.89. The van der Waals surface area contributed by atoms with Gasteiger partial charge in [0.15, 0.2) is 0 Å². The minimum Gasteiger partial charge on any atom is -0.481 e. The lowest BCUT2D eigenvalue weighted by molar-refractivity contribution is -0.145. The number of carbonyl (C=O) groups is 2. The molecule has 0 aliphatic heterocycles. The van der Waals surface area contributed by atoms with Gasteiger partial charge < -0.3 is 9.84 Å². The summed E-state index contributed by atoms with van der Waals surface area (Å²) in [6.07, 6.45) is 12.6. The van der Waals surface area contributed by atoms with E-state index in [1.807, 2.05) is 20.8 Å². The number of rotatable bonds is 16. The lowest BCUT2D eigenvalue weighted by Crippen LogP contribution is -2.18. The van der Waals surface area contributed by atoms with Crippen LogP contribution in [0.15, 0.2) is 0 Å². The fourth-order valence-corrected chi connectivity index (χ4v) is 3.46. The standard InChI is InChI=1S/C22H42O4/c1-6-26-20(25)18-22(4,5)16-14-12-10-8-7-9-11-13-15-21(2,3)17-19(23)24/h6-18H2,1-5H3,(H,23,24). The Labute approximate surface area is 161 Å². The van der Waals surface area contributed by atoms with Crippen LogP contribution in [0.3, 0.4) is 0 Å². The van der Waals surface area contributed by atoms with E-state index in [1.165, 1.54) is 44.9 Å². The normalized spacial score (nSPS) is 12.2. The fourth-order valence-electron chi connectivity index (χ4n) is 3.46. The maximum Gasteiger partial charge on any atom is 0.306 e. The average Bonchev–Trinajstić information content (AvgIpc) is 2.47. The molecule has 0 saturated carbocycles. The quantitative estimate of drug-likeness (QED) is 0.253. The smallest absolute Gasteiger partial charge is 0.306 e. The second kappa shape index (κ2) is 13.2. The van der Waals surface area contributed by atoms with Crippen molar-refractivity contribution in [2.24, 2.45) is 10.8 Å². The second-order valence-electron chi connectivity index (χ2n) is 9.21. The number of hydrogen-bond donors (Lipinski definition) is 1. The van der Waals surface area contributed by atoms with E-state index in [-0.39, 0.29) is 23.2 Å². The zero-order valence-electron chi connectivity index (χ0n) is 17.9. The van der Waals surface area contributed by atoms with Crippen molar-refractivity contribution < 1.29 is 19.4 Å². The van der Waals surface area contributed by atoms with E-state index in [0.29, 0.717) is 13.0 Å². The third kappa shape index (κ3) is 15.2. The summed E-state index contributed by atoms with van der Waals surface area (Å²) >= 11 is 0. The molecule has 0 saturated heterocycles. The van der Waals surface area contributed by atoms with Gasteiger partial charge in [0.1, 0.15) is 0 Å². The molecule has 0 aromatic rings. The molecule has 0 fully saturated rings. The van der Waals surface area contributed by atoms with E-state index in [4.69, 9.17) is 9.84 Å². The largest absolute Gasteiger partial charge is 0.481 e. The predicted octanol–water partition coefficient (Wildman–Crippen LogP) is 6.37. The fraction of sp³-hybridized carbons (Fsp3) is 0.909. The summed E-state index contributed by atoms with van der Waals surface area (Å²) < 4.78 is 5.04.